The van der Waals surface area contributed by atoms with Crippen LogP contribution in [0.1, 0.15) is 6.92 Å². The van der Waals surface area contributed by atoms with E-state index in [4.69, 9.17) is 4.74 Å². The van der Waals surface area contributed by atoms with Gasteiger partial charge in [-0.3, -0.25) is 4.79 Å². The van der Waals surface area contributed by atoms with Gasteiger partial charge in [0.2, 0.25) is 0 Å². The Kier molecular flexibility index (Phi) is 2.26. The fourth-order valence-electron chi connectivity index (χ4n) is 0.490. The van der Waals surface area contributed by atoms with E-state index < -0.39 is 15.1 Å². The van der Waals surface area contributed by atoms with Crippen LogP contribution in [0.3, 0.4) is 0 Å². The Bertz CT molecular complexity index is 254. The van der Waals surface area contributed by atoms with Crippen molar-refractivity contribution in [3.8, 4) is 0 Å². The van der Waals surface area contributed by atoms with Crippen molar-refractivity contribution in [2.75, 3.05) is 13.2 Å². The molecule has 1 aliphatic heterocycles. The number of sulfonamides is 1. The fraction of sp³-hybridized carbons (Fsp3) is 0.800. The van der Waals surface area contributed by atoms with Gasteiger partial charge in [0.1, 0.15) is 0 Å². The van der Waals surface area contributed by atoms with Crippen molar-refractivity contribution in [3.05, 3.63) is 0 Å². The second-order valence-corrected chi connectivity index (χ2v) is 4.17. The number of carbonyl (C=O) groups excluding carboxylic acids is 1. The molecule has 1 saturated heterocycles. The molecule has 0 aromatic rings. The SMILES string of the molecule is CC(=O)S(=O)(=O)NCC1CO1. The van der Waals surface area contributed by atoms with E-state index in [1.807, 2.05) is 0 Å². The Morgan fingerprint density at radius 2 is 2.27 bits per heavy atom. The van der Waals surface area contributed by atoms with Gasteiger partial charge >= 0.3 is 0 Å². The lowest BCUT2D eigenvalue weighted by molar-refractivity contribution is -0.110. The molecular weight excluding hydrogens is 170 g/mol. The highest BCUT2D eigenvalue weighted by molar-refractivity contribution is 8.04. The summed E-state index contributed by atoms with van der Waals surface area (Å²) in [5, 5.41) is -0.863. The molecule has 1 fully saturated rings. The van der Waals surface area contributed by atoms with Crippen molar-refractivity contribution in [2.45, 2.75) is 13.0 Å². The van der Waals surface area contributed by atoms with Crippen LogP contribution in [0.15, 0.2) is 0 Å². The van der Waals surface area contributed by atoms with Gasteiger partial charge in [-0.25, -0.2) is 13.1 Å². The van der Waals surface area contributed by atoms with Gasteiger partial charge in [-0.05, 0) is 0 Å². The summed E-state index contributed by atoms with van der Waals surface area (Å²) in [5.74, 6) is 0. The van der Waals surface area contributed by atoms with E-state index in [1.54, 1.807) is 0 Å². The zero-order chi connectivity index (χ0) is 8.48. The highest BCUT2D eigenvalue weighted by Crippen LogP contribution is 2.06. The number of hydrogen-bond donors (Lipinski definition) is 1. The normalized spacial score (nSPS) is 23.2. The minimum absolute atomic E-state index is 0.0378. The molecule has 1 rings (SSSR count). The summed E-state index contributed by atoms with van der Waals surface area (Å²) >= 11 is 0. The first-order valence-electron chi connectivity index (χ1n) is 3.14. The molecule has 6 heteroatoms. The number of hydrogen-bond acceptors (Lipinski definition) is 4. The number of rotatable bonds is 3. The summed E-state index contributed by atoms with van der Waals surface area (Å²) < 4.78 is 28.4. The molecule has 1 aliphatic rings. The Labute approximate surface area is 64.8 Å². The van der Waals surface area contributed by atoms with Gasteiger partial charge in [0.15, 0.2) is 0 Å². The van der Waals surface area contributed by atoms with Crippen LogP contribution in [-0.2, 0) is 19.6 Å². The standard InChI is InChI=1S/C5H9NO4S/c1-4(7)11(8,9)6-2-5-3-10-5/h5-6H,2-3H2,1H3. The van der Waals surface area contributed by atoms with Gasteiger partial charge in [0.25, 0.3) is 15.1 Å². The van der Waals surface area contributed by atoms with Crippen molar-refractivity contribution in [2.24, 2.45) is 0 Å². The second-order valence-electron chi connectivity index (χ2n) is 2.30. The van der Waals surface area contributed by atoms with E-state index >= 15 is 0 Å². The maximum atomic E-state index is 10.7. The Morgan fingerprint density at radius 3 is 2.64 bits per heavy atom. The molecule has 1 unspecified atom stereocenters. The predicted octanol–water partition coefficient (Wildman–Crippen LogP) is -1.15. The number of ether oxygens (including phenoxy) is 1. The molecule has 11 heavy (non-hydrogen) atoms. The minimum Gasteiger partial charge on any atom is -0.372 e. The molecule has 0 aromatic carbocycles. The lowest BCUT2D eigenvalue weighted by atomic mass is 10.5. The van der Waals surface area contributed by atoms with Crippen molar-refractivity contribution in [1.82, 2.24) is 4.72 Å². The van der Waals surface area contributed by atoms with Crippen molar-refractivity contribution in [3.63, 3.8) is 0 Å². The van der Waals surface area contributed by atoms with E-state index in [-0.39, 0.29) is 12.6 Å². The Hall–Kier alpha value is -0.460. The zero-order valence-corrected chi connectivity index (χ0v) is 6.85. The first-order chi connectivity index (χ1) is 5.02. The number of carbonyl (C=O) groups is 1. The Balaban J connectivity index is 2.39. The molecule has 1 N–H and O–H groups in total. The summed E-state index contributed by atoms with van der Waals surface area (Å²) in [6.45, 7) is 1.78. The van der Waals surface area contributed by atoms with Gasteiger partial charge in [-0.15, -0.1) is 0 Å². The van der Waals surface area contributed by atoms with Crippen LogP contribution in [0.2, 0.25) is 0 Å². The summed E-state index contributed by atoms with van der Waals surface area (Å²) in [6.07, 6.45) is -0.0378. The zero-order valence-electron chi connectivity index (χ0n) is 6.03. The molecule has 0 aromatic heterocycles. The van der Waals surface area contributed by atoms with Crippen LogP contribution in [0, 0.1) is 0 Å². The quantitative estimate of drug-likeness (QED) is 0.555. The van der Waals surface area contributed by atoms with Crippen molar-refractivity contribution < 1.29 is 17.9 Å². The molecule has 0 radical (unpaired) electrons. The van der Waals surface area contributed by atoms with Crippen molar-refractivity contribution in [1.29, 1.82) is 0 Å². The van der Waals surface area contributed by atoms with E-state index in [0.29, 0.717) is 6.61 Å². The topological polar surface area (TPSA) is 75.8 Å². The van der Waals surface area contributed by atoms with Gasteiger partial charge in [-0.2, -0.15) is 0 Å². The fourth-order valence-corrected chi connectivity index (χ4v) is 1.10. The van der Waals surface area contributed by atoms with E-state index in [0.717, 1.165) is 6.92 Å². The summed E-state index contributed by atoms with van der Waals surface area (Å²) in [5.41, 5.74) is 0. The van der Waals surface area contributed by atoms with Gasteiger partial charge in [0, 0.05) is 13.5 Å². The molecule has 1 atom stereocenters. The van der Waals surface area contributed by atoms with Crippen LogP contribution in [0.4, 0.5) is 0 Å². The minimum atomic E-state index is -3.72. The Morgan fingerprint density at radius 1 is 1.73 bits per heavy atom. The molecule has 0 bridgehead atoms. The third kappa shape index (κ3) is 2.57. The smallest absolute Gasteiger partial charge is 0.274 e. The van der Waals surface area contributed by atoms with E-state index in [1.165, 1.54) is 0 Å². The van der Waals surface area contributed by atoms with Gasteiger partial charge < -0.3 is 4.74 Å². The van der Waals surface area contributed by atoms with Crippen LogP contribution in [-0.4, -0.2) is 32.8 Å². The second kappa shape index (κ2) is 2.88. The maximum absolute atomic E-state index is 10.7. The number of epoxide rings is 1. The summed E-state index contributed by atoms with van der Waals surface area (Å²) in [4.78, 5) is 10.4. The third-order valence-electron chi connectivity index (χ3n) is 1.28. The largest absolute Gasteiger partial charge is 0.372 e. The summed E-state index contributed by atoms with van der Waals surface area (Å²) in [6, 6.07) is 0. The third-order valence-corrected chi connectivity index (χ3v) is 2.59. The van der Waals surface area contributed by atoms with Crippen LogP contribution in [0.25, 0.3) is 0 Å². The van der Waals surface area contributed by atoms with Crippen LogP contribution >= 0.6 is 0 Å². The molecule has 0 amide bonds. The first kappa shape index (κ1) is 8.63. The van der Waals surface area contributed by atoms with E-state index in [2.05, 4.69) is 4.72 Å². The van der Waals surface area contributed by atoms with Crippen LogP contribution < -0.4 is 4.72 Å². The number of nitrogens with one attached hydrogen (secondary N) is 1. The monoisotopic (exact) mass is 179 g/mol. The van der Waals surface area contributed by atoms with Gasteiger partial charge in [-0.1, -0.05) is 0 Å². The van der Waals surface area contributed by atoms with Crippen LogP contribution in [0.5, 0.6) is 0 Å². The molecular formula is C5H9NO4S. The predicted molar refractivity (Wildman–Crippen MR) is 37.3 cm³/mol. The highest BCUT2D eigenvalue weighted by Gasteiger charge is 2.26. The molecule has 1 heterocycles. The lowest BCUT2D eigenvalue weighted by Gasteiger charge is -1.98. The molecule has 0 saturated carbocycles. The van der Waals surface area contributed by atoms with Crippen molar-refractivity contribution >= 4 is 15.1 Å². The maximum Gasteiger partial charge on any atom is 0.274 e. The molecule has 5 nitrogen and oxygen atoms in total. The highest BCUT2D eigenvalue weighted by atomic mass is 32.2. The summed E-state index contributed by atoms with van der Waals surface area (Å²) in [7, 11) is -3.72. The lowest BCUT2D eigenvalue weighted by Crippen LogP contribution is -2.32. The van der Waals surface area contributed by atoms with Gasteiger partial charge in [0.05, 0.1) is 12.7 Å². The van der Waals surface area contributed by atoms with E-state index in [9.17, 15) is 13.2 Å². The average molecular weight is 179 g/mol. The molecule has 0 spiro atoms. The average Bonchev–Trinajstić information content (AvgIpc) is 2.65. The molecule has 0 aliphatic carbocycles. The first-order valence-corrected chi connectivity index (χ1v) is 4.62. The molecule has 64 valence electrons.